The fourth-order valence-electron chi connectivity index (χ4n) is 4.80. The highest BCUT2D eigenvalue weighted by Gasteiger charge is 2.36. The van der Waals surface area contributed by atoms with Gasteiger partial charge in [0.1, 0.15) is 11.3 Å². The fraction of sp³-hybridized carbons (Fsp3) is 0.303. The molecule has 1 saturated carbocycles. The van der Waals surface area contributed by atoms with Crippen molar-refractivity contribution in [2.24, 2.45) is 11.7 Å². The van der Waals surface area contributed by atoms with E-state index in [4.69, 9.17) is 5.73 Å². The highest BCUT2D eigenvalue weighted by molar-refractivity contribution is 6.06. The molecule has 4 N–H and O–H groups in total. The van der Waals surface area contributed by atoms with E-state index in [1.54, 1.807) is 42.5 Å². The van der Waals surface area contributed by atoms with Gasteiger partial charge in [-0.2, -0.15) is 13.2 Å². The molecule has 2 aliphatic carbocycles. The Morgan fingerprint density at radius 1 is 1.17 bits per heavy atom. The minimum absolute atomic E-state index is 0.236. The number of alkyl halides is 3. The molecule has 0 aromatic heterocycles. The Kier molecular flexibility index (Phi) is 9.35. The molecule has 0 bridgehead atoms. The predicted molar refractivity (Wildman–Crippen MR) is 158 cm³/mol. The molecule has 0 saturated heterocycles. The van der Waals surface area contributed by atoms with Gasteiger partial charge < -0.3 is 21.1 Å². The van der Waals surface area contributed by atoms with E-state index in [-0.39, 0.29) is 12.2 Å². The molecule has 5 nitrogen and oxygen atoms in total. The van der Waals surface area contributed by atoms with Crippen molar-refractivity contribution in [3.8, 4) is 0 Å². The molecule has 0 spiro atoms. The van der Waals surface area contributed by atoms with Crippen LogP contribution in [0.25, 0.3) is 0 Å². The first-order chi connectivity index (χ1) is 19.5. The Morgan fingerprint density at radius 3 is 2.63 bits per heavy atom. The molecular weight excluding hydrogens is 527 g/mol. The molecule has 0 heterocycles. The number of nitrogens with zero attached hydrogens (tertiary/aromatic N) is 1. The van der Waals surface area contributed by atoms with E-state index in [9.17, 15) is 23.1 Å². The Bertz CT molecular complexity index is 1400. The second-order valence-corrected chi connectivity index (χ2v) is 10.5. The number of amides is 1. The summed E-state index contributed by atoms with van der Waals surface area (Å²) in [6.45, 7) is 3.37. The normalized spacial score (nSPS) is 16.9. The summed E-state index contributed by atoms with van der Waals surface area (Å²) in [6.07, 6.45) is 10.1. The number of carbonyl (C=O) groups is 1. The van der Waals surface area contributed by atoms with Gasteiger partial charge in [-0.1, -0.05) is 74.1 Å². The van der Waals surface area contributed by atoms with Crippen molar-refractivity contribution < 1.29 is 23.1 Å². The van der Waals surface area contributed by atoms with Crippen LogP contribution in [0.4, 0.5) is 24.5 Å². The van der Waals surface area contributed by atoms with Gasteiger partial charge in [-0.05, 0) is 72.2 Å². The SMILES string of the molecule is C=C(/C=C(/C(=O)Nc1cccc(C(O)(CCC2CC2)C2=CCC=CC=C2)c1)N(C)c1cccc(CN)c1)C(F)(F)F. The summed E-state index contributed by atoms with van der Waals surface area (Å²) < 4.78 is 40.4. The van der Waals surface area contributed by atoms with Gasteiger partial charge in [0.2, 0.25) is 0 Å². The van der Waals surface area contributed by atoms with Crippen LogP contribution in [0, 0.1) is 5.92 Å². The van der Waals surface area contributed by atoms with Crippen molar-refractivity contribution in [2.75, 3.05) is 17.3 Å². The Labute approximate surface area is 239 Å². The van der Waals surface area contributed by atoms with Crippen molar-refractivity contribution in [2.45, 2.75) is 50.4 Å². The fourth-order valence-corrected chi connectivity index (χ4v) is 4.80. The number of allylic oxidation sites excluding steroid dienone is 6. The first-order valence-electron chi connectivity index (χ1n) is 13.7. The molecule has 0 radical (unpaired) electrons. The van der Waals surface area contributed by atoms with Gasteiger partial charge in [0.15, 0.2) is 0 Å². The first kappa shape index (κ1) is 30.1. The maximum Gasteiger partial charge on any atom is 0.415 e. The van der Waals surface area contributed by atoms with Crippen LogP contribution in [0.15, 0.2) is 108 Å². The molecule has 0 aliphatic heterocycles. The molecule has 2 aliphatic rings. The van der Waals surface area contributed by atoms with Crippen LogP contribution in [0.1, 0.15) is 43.2 Å². The predicted octanol–water partition coefficient (Wildman–Crippen LogP) is 7.04. The molecular formula is C33H36F3N3O2. The molecule has 1 amide bonds. The zero-order valence-electron chi connectivity index (χ0n) is 23.1. The number of anilines is 2. The number of carbonyl (C=O) groups excluding carboxylic acids is 1. The van der Waals surface area contributed by atoms with Gasteiger partial charge in [-0.3, -0.25) is 4.79 Å². The van der Waals surface area contributed by atoms with Crippen molar-refractivity contribution in [1.29, 1.82) is 0 Å². The number of nitrogens with one attached hydrogen (secondary N) is 1. The molecule has 1 fully saturated rings. The largest absolute Gasteiger partial charge is 0.415 e. The molecule has 216 valence electrons. The van der Waals surface area contributed by atoms with Gasteiger partial charge in [-0.15, -0.1) is 0 Å². The second-order valence-electron chi connectivity index (χ2n) is 10.5. The summed E-state index contributed by atoms with van der Waals surface area (Å²) in [5.74, 6) is -0.159. The van der Waals surface area contributed by atoms with E-state index in [0.29, 0.717) is 35.7 Å². The van der Waals surface area contributed by atoms with Crippen LogP contribution in [-0.2, 0) is 16.9 Å². The number of rotatable bonds is 11. The zero-order valence-corrected chi connectivity index (χ0v) is 23.1. The van der Waals surface area contributed by atoms with E-state index in [0.717, 1.165) is 36.5 Å². The van der Waals surface area contributed by atoms with E-state index in [1.807, 2.05) is 36.4 Å². The second kappa shape index (κ2) is 12.7. The van der Waals surface area contributed by atoms with E-state index < -0.39 is 23.3 Å². The maximum absolute atomic E-state index is 13.5. The number of likely N-dealkylation sites (N-methyl/N-ethyl adjacent to an activating group) is 1. The van der Waals surface area contributed by atoms with Gasteiger partial charge in [-0.25, -0.2) is 0 Å². The average Bonchev–Trinajstić information content (AvgIpc) is 3.81. The van der Waals surface area contributed by atoms with Crippen LogP contribution in [0.2, 0.25) is 0 Å². The molecule has 4 rings (SSSR count). The van der Waals surface area contributed by atoms with Gasteiger partial charge in [0.05, 0.1) is 5.57 Å². The molecule has 2 aromatic rings. The maximum atomic E-state index is 13.5. The lowest BCUT2D eigenvalue weighted by Gasteiger charge is -2.31. The van der Waals surface area contributed by atoms with E-state index in [1.165, 1.54) is 11.9 Å². The lowest BCUT2D eigenvalue weighted by Crippen LogP contribution is -2.30. The molecule has 1 atom stereocenters. The lowest BCUT2D eigenvalue weighted by molar-refractivity contribution is -0.112. The number of halogens is 3. The smallest absolute Gasteiger partial charge is 0.380 e. The number of benzene rings is 2. The van der Waals surface area contributed by atoms with Crippen molar-refractivity contribution in [3.05, 3.63) is 120 Å². The molecule has 1 unspecified atom stereocenters. The average molecular weight is 564 g/mol. The monoisotopic (exact) mass is 563 g/mol. The quantitative estimate of drug-likeness (QED) is 0.202. The summed E-state index contributed by atoms with van der Waals surface area (Å²) in [4.78, 5) is 14.9. The van der Waals surface area contributed by atoms with Crippen LogP contribution in [0.5, 0.6) is 0 Å². The standard InChI is InChI=1S/C33H36F3N3O2/c1-23(33(34,35)36)19-30(39(2)29-14-7-9-25(20-29)22-37)31(40)38-28-13-8-12-27(21-28)32(41,18-17-24-15-16-24)26-10-5-3-4-6-11-26/h3-5,7-14,19-21,24,41H,1,6,15-18,22,37H2,2H3,(H,38,40)/b30-19-. The topological polar surface area (TPSA) is 78.6 Å². The minimum atomic E-state index is -4.71. The highest BCUT2D eigenvalue weighted by atomic mass is 19.4. The molecule has 8 heteroatoms. The third-order valence-corrected chi connectivity index (χ3v) is 7.49. The summed E-state index contributed by atoms with van der Waals surface area (Å²) >= 11 is 0. The summed E-state index contributed by atoms with van der Waals surface area (Å²) in [6, 6.07) is 13.8. The molecule has 41 heavy (non-hydrogen) atoms. The van der Waals surface area contributed by atoms with Crippen molar-refractivity contribution >= 4 is 17.3 Å². The Balaban J connectivity index is 1.66. The van der Waals surface area contributed by atoms with Crippen molar-refractivity contribution in [1.82, 2.24) is 0 Å². The number of nitrogens with two attached hydrogens (primary N) is 1. The summed E-state index contributed by atoms with van der Waals surface area (Å²) in [5.41, 5.74) is 6.02. The van der Waals surface area contributed by atoms with Crippen LogP contribution in [0.3, 0.4) is 0 Å². The first-order valence-corrected chi connectivity index (χ1v) is 13.7. The van der Waals surface area contributed by atoms with Crippen LogP contribution in [-0.4, -0.2) is 24.2 Å². The van der Waals surface area contributed by atoms with Gasteiger partial charge in [0.25, 0.3) is 5.91 Å². The van der Waals surface area contributed by atoms with E-state index in [2.05, 4.69) is 11.9 Å². The van der Waals surface area contributed by atoms with Gasteiger partial charge >= 0.3 is 6.18 Å². The lowest BCUT2D eigenvalue weighted by atomic mass is 9.80. The number of hydrogen-bond acceptors (Lipinski definition) is 4. The number of aliphatic hydroxyl groups is 1. The Hall–Kier alpha value is -3.88. The highest BCUT2D eigenvalue weighted by Crippen LogP contribution is 2.42. The van der Waals surface area contributed by atoms with Crippen molar-refractivity contribution in [3.63, 3.8) is 0 Å². The Morgan fingerprint density at radius 2 is 1.93 bits per heavy atom. The van der Waals surface area contributed by atoms with Gasteiger partial charge in [0, 0.05) is 25.0 Å². The van der Waals surface area contributed by atoms with E-state index >= 15 is 0 Å². The summed E-state index contributed by atoms with van der Waals surface area (Å²) in [7, 11) is 1.51. The molecule has 2 aromatic carbocycles. The third-order valence-electron chi connectivity index (χ3n) is 7.49. The van der Waals surface area contributed by atoms with Crippen LogP contribution >= 0.6 is 0 Å². The minimum Gasteiger partial charge on any atom is -0.380 e. The van der Waals surface area contributed by atoms with Crippen LogP contribution < -0.4 is 16.0 Å². The number of hydrogen-bond donors (Lipinski definition) is 3. The zero-order chi connectivity index (χ0) is 29.6. The summed E-state index contributed by atoms with van der Waals surface area (Å²) in [5, 5.41) is 14.8. The third kappa shape index (κ3) is 7.65.